The Morgan fingerprint density at radius 2 is 2.12 bits per heavy atom. The van der Waals surface area contributed by atoms with Crippen LogP contribution in [0.2, 0.25) is 0 Å². The maximum absolute atomic E-state index is 12.2. The van der Waals surface area contributed by atoms with Gasteiger partial charge in [0.1, 0.15) is 5.82 Å². The quantitative estimate of drug-likeness (QED) is 0.763. The maximum Gasteiger partial charge on any atom is 0.265 e. The monoisotopic (exact) mass is 354 g/mol. The van der Waals surface area contributed by atoms with Crippen LogP contribution in [0.25, 0.3) is 11.0 Å². The third-order valence-corrected chi connectivity index (χ3v) is 5.70. The van der Waals surface area contributed by atoms with Gasteiger partial charge in [-0.3, -0.25) is 4.79 Å². The van der Waals surface area contributed by atoms with Crippen molar-refractivity contribution in [2.24, 2.45) is 7.05 Å². The predicted molar refractivity (Wildman–Crippen MR) is 102 cm³/mol. The van der Waals surface area contributed by atoms with Crippen LogP contribution < -0.4 is 5.32 Å². The SMILES string of the molecule is Cn1c(CCN2CCCC2)nc2cc(NC(=O)c3cccs3)ccc21. The summed E-state index contributed by atoms with van der Waals surface area (Å²) in [6, 6.07) is 9.65. The fourth-order valence-corrected chi connectivity index (χ4v) is 4.03. The van der Waals surface area contributed by atoms with E-state index in [9.17, 15) is 4.79 Å². The molecule has 3 heterocycles. The lowest BCUT2D eigenvalue weighted by Gasteiger charge is -2.13. The number of nitrogens with zero attached hydrogens (tertiary/aromatic N) is 3. The molecule has 1 saturated heterocycles. The molecule has 0 bridgehead atoms. The van der Waals surface area contributed by atoms with Gasteiger partial charge < -0.3 is 14.8 Å². The van der Waals surface area contributed by atoms with E-state index in [1.807, 2.05) is 35.7 Å². The molecule has 1 N–H and O–H groups in total. The Bertz CT molecular complexity index is 878. The first-order chi connectivity index (χ1) is 12.2. The van der Waals surface area contributed by atoms with E-state index in [-0.39, 0.29) is 5.91 Å². The average molecular weight is 354 g/mol. The number of hydrogen-bond acceptors (Lipinski definition) is 4. The van der Waals surface area contributed by atoms with Crippen LogP contribution in [0.1, 0.15) is 28.3 Å². The molecule has 130 valence electrons. The number of nitrogens with one attached hydrogen (secondary N) is 1. The fraction of sp³-hybridized carbons (Fsp3) is 0.368. The van der Waals surface area contributed by atoms with Gasteiger partial charge >= 0.3 is 0 Å². The highest BCUT2D eigenvalue weighted by atomic mass is 32.1. The minimum absolute atomic E-state index is 0.0699. The van der Waals surface area contributed by atoms with Gasteiger partial charge in [0.05, 0.1) is 15.9 Å². The minimum Gasteiger partial charge on any atom is -0.331 e. The average Bonchev–Trinajstić information content (AvgIpc) is 3.35. The number of likely N-dealkylation sites (tertiary alicyclic amines) is 1. The summed E-state index contributed by atoms with van der Waals surface area (Å²) in [5.74, 6) is 1.03. The van der Waals surface area contributed by atoms with Gasteiger partial charge in [-0.15, -0.1) is 11.3 Å². The van der Waals surface area contributed by atoms with Crippen LogP contribution in [-0.4, -0.2) is 40.0 Å². The third-order valence-electron chi connectivity index (χ3n) is 4.83. The summed E-state index contributed by atoms with van der Waals surface area (Å²) in [6.07, 6.45) is 3.59. The van der Waals surface area contributed by atoms with Gasteiger partial charge in [-0.2, -0.15) is 0 Å². The molecule has 0 atom stereocenters. The second kappa shape index (κ2) is 6.98. The van der Waals surface area contributed by atoms with Crippen molar-refractivity contribution in [3.8, 4) is 0 Å². The summed E-state index contributed by atoms with van der Waals surface area (Å²) in [6.45, 7) is 3.49. The molecule has 4 rings (SSSR count). The number of thiophene rings is 1. The summed E-state index contributed by atoms with van der Waals surface area (Å²) in [5.41, 5.74) is 2.82. The number of fused-ring (bicyclic) bond motifs is 1. The van der Waals surface area contributed by atoms with Crippen molar-refractivity contribution in [1.82, 2.24) is 14.5 Å². The number of anilines is 1. The van der Waals surface area contributed by atoms with Crippen LogP contribution >= 0.6 is 11.3 Å². The van der Waals surface area contributed by atoms with Crippen molar-refractivity contribution in [2.75, 3.05) is 25.0 Å². The molecule has 0 spiro atoms. The van der Waals surface area contributed by atoms with E-state index in [0.29, 0.717) is 4.88 Å². The Morgan fingerprint density at radius 3 is 2.88 bits per heavy atom. The number of imidazole rings is 1. The van der Waals surface area contributed by atoms with Crippen LogP contribution in [0.3, 0.4) is 0 Å². The van der Waals surface area contributed by atoms with Crippen molar-refractivity contribution in [2.45, 2.75) is 19.3 Å². The molecule has 0 saturated carbocycles. The van der Waals surface area contributed by atoms with Gasteiger partial charge in [0.2, 0.25) is 0 Å². The molecule has 1 amide bonds. The number of hydrogen-bond donors (Lipinski definition) is 1. The second-order valence-electron chi connectivity index (χ2n) is 6.52. The molecule has 0 radical (unpaired) electrons. The summed E-state index contributed by atoms with van der Waals surface area (Å²) >= 11 is 1.44. The summed E-state index contributed by atoms with van der Waals surface area (Å²) in [5, 5.41) is 4.86. The first-order valence-electron chi connectivity index (χ1n) is 8.73. The molecule has 1 aliphatic rings. The molecule has 2 aromatic heterocycles. The van der Waals surface area contributed by atoms with E-state index < -0.39 is 0 Å². The molecule has 1 aromatic carbocycles. The highest BCUT2D eigenvalue weighted by molar-refractivity contribution is 7.12. The van der Waals surface area contributed by atoms with E-state index in [0.717, 1.165) is 35.5 Å². The fourth-order valence-electron chi connectivity index (χ4n) is 3.42. The summed E-state index contributed by atoms with van der Waals surface area (Å²) in [4.78, 5) is 20.2. The lowest BCUT2D eigenvalue weighted by atomic mass is 10.2. The van der Waals surface area contributed by atoms with Crippen LogP contribution in [0.5, 0.6) is 0 Å². The molecule has 0 aliphatic carbocycles. The Balaban J connectivity index is 1.51. The minimum atomic E-state index is -0.0699. The normalized spacial score (nSPS) is 15.1. The Morgan fingerprint density at radius 1 is 1.28 bits per heavy atom. The highest BCUT2D eigenvalue weighted by Gasteiger charge is 2.14. The molecule has 5 nitrogen and oxygen atoms in total. The standard InChI is InChI=1S/C19H22N4OS/c1-22-16-7-6-14(20-19(24)17-5-4-12-25-17)13-15(16)21-18(22)8-11-23-9-2-3-10-23/h4-7,12-13H,2-3,8-11H2,1H3,(H,20,24). The first kappa shape index (κ1) is 16.3. The first-order valence-corrected chi connectivity index (χ1v) is 9.61. The molecule has 3 aromatic rings. The number of carbonyl (C=O) groups excluding carboxylic acids is 1. The van der Waals surface area contributed by atoms with Gasteiger partial charge in [-0.05, 0) is 55.6 Å². The molecule has 1 fully saturated rings. The zero-order chi connectivity index (χ0) is 17.2. The van der Waals surface area contributed by atoms with Crippen molar-refractivity contribution >= 4 is 34.0 Å². The van der Waals surface area contributed by atoms with Gasteiger partial charge in [0, 0.05) is 25.7 Å². The zero-order valence-electron chi connectivity index (χ0n) is 14.4. The molecular formula is C19H22N4OS. The maximum atomic E-state index is 12.2. The van der Waals surface area contributed by atoms with Gasteiger partial charge in [0.15, 0.2) is 0 Å². The van der Waals surface area contributed by atoms with Crippen molar-refractivity contribution < 1.29 is 4.79 Å². The molecule has 0 unspecified atom stereocenters. The van der Waals surface area contributed by atoms with Crippen LogP contribution in [0.4, 0.5) is 5.69 Å². The zero-order valence-corrected chi connectivity index (χ0v) is 15.2. The molecular weight excluding hydrogens is 332 g/mol. The van der Waals surface area contributed by atoms with Gasteiger partial charge in [0.25, 0.3) is 5.91 Å². The van der Waals surface area contributed by atoms with Crippen LogP contribution in [0, 0.1) is 0 Å². The second-order valence-corrected chi connectivity index (χ2v) is 7.47. The van der Waals surface area contributed by atoms with Gasteiger partial charge in [-0.1, -0.05) is 6.07 Å². The Hall–Kier alpha value is -2.18. The Kier molecular flexibility index (Phi) is 4.55. The molecule has 6 heteroatoms. The van der Waals surface area contributed by atoms with Crippen LogP contribution in [0.15, 0.2) is 35.7 Å². The number of carbonyl (C=O) groups is 1. The topological polar surface area (TPSA) is 50.2 Å². The highest BCUT2D eigenvalue weighted by Crippen LogP contribution is 2.21. The number of benzene rings is 1. The number of amides is 1. The summed E-state index contributed by atoms with van der Waals surface area (Å²) in [7, 11) is 2.07. The number of aryl methyl sites for hydroxylation is 1. The summed E-state index contributed by atoms with van der Waals surface area (Å²) < 4.78 is 2.16. The molecule has 25 heavy (non-hydrogen) atoms. The lowest BCUT2D eigenvalue weighted by Crippen LogP contribution is -2.22. The van der Waals surface area contributed by atoms with E-state index in [1.165, 1.54) is 37.3 Å². The van der Waals surface area contributed by atoms with E-state index in [1.54, 1.807) is 0 Å². The van der Waals surface area contributed by atoms with E-state index in [4.69, 9.17) is 4.98 Å². The predicted octanol–water partition coefficient (Wildman–Crippen LogP) is 3.53. The number of aromatic nitrogens is 2. The number of rotatable bonds is 5. The smallest absolute Gasteiger partial charge is 0.265 e. The van der Waals surface area contributed by atoms with E-state index in [2.05, 4.69) is 21.8 Å². The van der Waals surface area contributed by atoms with E-state index >= 15 is 0 Å². The van der Waals surface area contributed by atoms with Crippen LogP contribution in [-0.2, 0) is 13.5 Å². The molecule has 1 aliphatic heterocycles. The van der Waals surface area contributed by atoms with Crippen molar-refractivity contribution in [3.05, 3.63) is 46.4 Å². The van der Waals surface area contributed by atoms with Gasteiger partial charge in [-0.25, -0.2) is 4.98 Å². The van der Waals surface area contributed by atoms with Crippen molar-refractivity contribution in [1.29, 1.82) is 0 Å². The van der Waals surface area contributed by atoms with Crippen molar-refractivity contribution in [3.63, 3.8) is 0 Å². The lowest BCUT2D eigenvalue weighted by molar-refractivity contribution is 0.103. The third kappa shape index (κ3) is 3.45. The largest absolute Gasteiger partial charge is 0.331 e. The Labute approximate surface area is 151 Å².